The van der Waals surface area contributed by atoms with Crippen molar-refractivity contribution in [1.82, 2.24) is 9.97 Å². The van der Waals surface area contributed by atoms with E-state index in [2.05, 4.69) is 15.3 Å². The van der Waals surface area contributed by atoms with Gasteiger partial charge in [0.2, 0.25) is 5.91 Å². The second kappa shape index (κ2) is 9.50. The Kier molecular flexibility index (Phi) is 6.57. The van der Waals surface area contributed by atoms with Crippen molar-refractivity contribution in [1.29, 1.82) is 0 Å². The monoisotopic (exact) mass is 377 g/mol. The molecule has 28 heavy (non-hydrogen) atoms. The maximum Gasteiger partial charge on any atom is 0.224 e. The van der Waals surface area contributed by atoms with Crippen molar-refractivity contribution < 1.29 is 14.6 Å². The molecule has 1 aromatic heterocycles. The lowest BCUT2D eigenvalue weighted by molar-refractivity contribution is -0.116. The number of aromatic nitrogens is 2. The van der Waals surface area contributed by atoms with Crippen LogP contribution in [0.5, 0.6) is 11.5 Å². The number of phenolic OH excluding ortho intramolecular Hbond substituents is 1. The van der Waals surface area contributed by atoms with E-state index >= 15 is 0 Å². The number of carbonyl (C=O) groups is 1. The first-order valence-electron chi connectivity index (χ1n) is 9.21. The van der Waals surface area contributed by atoms with Crippen LogP contribution in [0.4, 0.5) is 5.69 Å². The van der Waals surface area contributed by atoms with Gasteiger partial charge in [0, 0.05) is 12.0 Å². The SMILES string of the molecule is Cc1cccc(OCCCCC(=O)Nc2cnc(-c3cccc(O)c3)nc2)c1. The quantitative estimate of drug-likeness (QED) is 0.570. The molecule has 144 valence electrons. The summed E-state index contributed by atoms with van der Waals surface area (Å²) >= 11 is 0. The minimum atomic E-state index is -0.0794. The zero-order valence-corrected chi connectivity index (χ0v) is 15.8. The Morgan fingerprint density at radius 2 is 1.86 bits per heavy atom. The number of amides is 1. The zero-order chi connectivity index (χ0) is 19.8. The van der Waals surface area contributed by atoms with Gasteiger partial charge < -0.3 is 15.2 Å². The number of ether oxygens (including phenoxy) is 1. The summed E-state index contributed by atoms with van der Waals surface area (Å²) < 4.78 is 5.68. The first-order valence-corrected chi connectivity index (χ1v) is 9.21. The van der Waals surface area contributed by atoms with Crippen LogP contribution in [0.15, 0.2) is 60.9 Å². The van der Waals surface area contributed by atoms with Crippen molar-refractivity contribution in [2.75, 3.05) is 11.9 Å². The van der Waals surface area contributed by atoms with Gasteiger partial charge in [-0.25, -0.2) is 9.97 Å². The molecule has 0 aliphatic carbocycles. The van der Waals surface area contributed by atoms with Crippen LogP contribution in [0.1, 0.15) is 24.8 Å². The molecule has 0 bridgehead atoms. The molecule has 0 spiro atoms. The fourth-order valence-electron chi connectivity index (χ4n) is 2.69. The van der Waals surface area contributed by atoms with Gasteiger partial charge in [-0.3, -0.25) is 4.79 Å². The normalized spacial score (nSPS) is 10.5. The number of aromatic hydroxyl groups is 1. The molecular weight excluding hydrogens is 354 g/mol. The summed E-state index contributed by atoms with van der Waals surface area (Å²) in [5, 5.41) is 12.3. The number of rotatable bonds is 8. The Hall–Kier alpha value is -3.41. The van der Waals surface area contributed by atoms with Crippen LogP contribution in [0.25, 0.3) is 11.4 Å². The maximum atomic E-state index is 12.0. The predicted molar refractivity (Wildman–Crippen MR) is 108 cm³/mol. The van der Waals surface area contributed by atoms with Gasteiger partial charge in [-0.15, -0.1) is 0 Å². The van der Waals surface area contributed by atoms with E-state index < -0.39 is 0 Å². The third-order valence-corrected chi connectivity index (χ3v) is 4.10. The highest BCUT2D eigenvalue weighted by atomic mass is 16.5. The van der Waals surface area contributed by atoms with Gasteiger partial charge in [0.15, 0.2) is 5.82 Å². The Morgan fingerprint density at radius 3 is 2.61 bits per heavy atom. The molecule has 1 heterocycles. The molecule has 6 nitrogen and oxygen atoms in total. The number of phenols is 1. The molecule has 0 atom stereocenters. The van der Waals surface area contributed by atoms with Crippen molar-refractivity contribution in [2.24, 2.45) is 0 Å². The number of hydrogen-bond donors (Lipinski definition) is 2. The maximum absolute atomic E-state index is 12.0. The Morgan fingerprint density at radius 1 is 1.07 bits per heavy atom. The molecule has 0 aliphatic rings. The second-order valence-corrected chi connectivity index (χ2v) is 6.52. The highest BCUT2D eigenvalue weighted by Gasteiger charge is 2.06. The number of benzene rings is 2. The lowest BCUT2D eigenvalue weighted by atomic mass is 10.2. The van der Waals surface area contributed by atoms with Crippen molar-refractivity contribution in [2.45, 2.75) is 26.2 Å². The first-order chi connectivity index (χ1) is 13.6. The van der Waals surface area contributed by atoms with E-state index in [1.165, 1.54) is 0 Å². The van der Waals surface area contributed by atoms with Crippen molar-refractivity contribution in [3.05, 3.63) is 66.5 Å². The molecule has 3 rings (SSSR count). The highest BCUT2D eigenvalue weighted by Crippen LogP contribution is 2.20. The molecule has 0 saturated heterocycles. The molecule has 2 N–H and O–H groups in total. The average Bonchev–Trinajstić information content (AvgIpc) is 2.68. The van der Waals surface area contributed by atoms with Gasteiger partial charge in [-0.2, -0.15) is 0 Å². The molecule has 0 radical (unpaired) electrons. The van der Waals surface area contributed by atoms with Crippen LogP contribution in [0, 0.1) is 6.92 Å². The van der Waals surface area contributed by atoms with Crippen molar-refractivity contribution in [3.63, 3.8) is 0 Å². The lowest BCUT2D eigenvalue weighted by Crippen LogP contribution is -2.12. The van der Waals surface area contributed by atoms with Gasteiger partial charge in [0.05, 0.1) is 24.7 Å². The van der Waals surface area contributed by atoms with Crippen LogP contribution < -0.4 is 10.1 Å². The van der Waals surface area contributed by atoms with Gasteiger partial charge >= 0.3 is 0 Å². The fraction of sp³-hybridized carbons (Fsp3) is 0.227. The summed E-state index contributed by atoms with van der Waals surface area (Å²) in [6, 6.07) is 14.6. The lowest BCUT2D eigenvalue weighted by Gasteiger charge is -2.07. The molecule has 3 aromatic rings. The third-order valence-electron chi connectivity index (χ3n) is 4.10. The van der Waals surface area contributed by atoms with Crippen LogP contribution in [-0.2, 0) is 4.79 Å². The Bertz CT molecular complexity index is 926. The summed E-state index contributed by atoms with van der Waals surface area (Å²) in [6.07, 6.45) is 5.07. The molecule has 0 unspecified atom stereocenters. The third kappa shape index (κ3) is 5.81. The van der Waals surface area contributed by atoms with Gasteiger partial charge in [-0.05, 0) is 49.6 Å². The molecule has 2 aromatic carbocycles. The number of nitrogens with zero attached hydrogens (tertiary/aromatic N) is 2. The topological polar surface area (TPSA) is 84.3 Å². The molecular formula is C22H23N3O3. The van der Waals surface area contributed by atoms with E-state index in [0.29, 0.717) is 30.1 Å². The first kappa shape index (κ1) is 19.4. The van der Waals surface area contributed by atoms with Crippen LogP contribution in [0.2, 0.25) is 0 Å². The minimum Gasteiger partial charge on any atom is -0.508 e. The number of hydrogen-bond acceptors (Lipinski definition) is 5. The van der Waals surface area contributed by atoms with Crippen molar-refractivity contribution >= 4 is 11.6 Å². The standard InChI is InChI=1S/C22H23N3O3/c1-16-6-4-9-20(12-16)28-11-3-2-10-21(27)25-18-14-23-22(24-15-18)17-7-5-8-19(26)13-17/h4-9,12-15,26H,2-3,10-11H2,1H3,(H,25,27). The van der Waals surface area contributed by atoms with Crippen molar-refractivity contribution in [3.8, 4) is 22.9 Å². The summed E-state index contributed by atoms with van der Waals surface area (Å²) in [5.41, 5.74) is 2.42. The van der Waals surface area contributed by atoms with Gasteiger partial charge in [0.1, 0.15) is 11.5 Å². The number of unbranched alkanes of at least 4 members (excludes halogenated alkanes) is 1. The molecule has 6 heteroatoms. The summed E-state index contributed by atoms with van der Waals surface area (Å²) in [7, 11) is 0. The average molecular weight is 377 g/mol. The molecule has 0 fully saturated rings. The number of carbonyl (C=O) groups excluding carboxylic acids is 1. The summed E-state index contributed by atoms with van der Waals surface area (Å²) in [5.74, 6) is 1.42. The van der Waals surface area contributed by atoms with Crippen LogP contribution >= 0.6 is 0 Å². The number of aryl methyl sites for hydroxylation is 1. The minimum absolute atomic E-state index is 0.0794. The molecule has 1 amide bonds. The fourth-order valence-corrected chi connectivity index (χ4v) is 2.69. The zero-order valence-electron chi connectivity index (χ0n) is 15.8. The van der Waals surface area contributed by atoms with E-state index in [4.69, 9.17) is 4.74 Å². The van der Waals surface area contributed by atoms with E-state index in [-0.39, 0.29) is 11.7 Å². The Labute approximate surface area is 164 Å². The summed E-state index contributed by atoms with van der Waals surface area (Å²) in [4.78, 5) is 20.5. The van der Waals surface area contributed by atoms with Gasteiger partial charge in [0.25, 0.3) is 0 Å². The van der Waals surface area contributed by atoms with Crippen LogP contribution in [-0.4, -0.2) is 27.6 Å². The van der Waals surface area contributed by atoms with E-state index in [1.807, 2.05) is 37.3 Å². The highest BCUT2D eigenvalue weighted by molar-refractivity contribution is 5.90. The van der Waals surface area contributed by atoms with Crippen LogP contribution in [0.3, 0.4) is 0 Å². The number of anilines is 1. The second-order valence-electron chi connectivity index (χ2n) is 6.52. The van der Waals surface area contributed by atoms with Gasteiger partial charge in [-0.1, -0.05) is 24.3 Å². The smallest absolute Gasteiger partial charge is 0.224 e. The molecule has 0 aliphatic heterocycles. The molecule has 0 saturated carbocycles. The Balaban J connectivity index is 1.40. The summed E-state index contributed by atoms with van der Waals surface area (Å²) in [6.45, 7) is 2.61. The predicted octanol–water partition coefficient (Wildman–Crippen LogP) is 4.35. The number of nitrogens with one attached hydrogen (secondary N) is 1. The van der Waals surface area contributed by atoms with E-state index in [9.17, 15) is 9.90 Å². The largest absolute Gasteiger partial charge is 0.508 e. The van der Waals surface area contributed by atoms with E-state index in [0.717, 1.165) is 24.2 Å². The van der Waals surface area contributed by atoms with E-state index in [1.54, 1.807) is 30.6 Å².